The summed E-state index contributed by atoms with van der Waals surface area (Å²) in [6.07, 6.45) is -4.68. The van der Waals surface area contributed by atoms with Crippen LogP contribution in [0.15, 0.2) is 18.2 Å². The number of aliphatic hydroxyl groups is 5. The second-order valence-corrected chi connectivity index (χ2v) is 24.3. The van der Waals surface area contributed by atoms with Crippen molar-refractivity contribution in [3.05, 3.63) is 23.8 Å². The minimum Gasteiger partial charge on any atom is -0.507 e. The first-order valence-corrected chi connectivity index (χ1v) is 22.0. The predicted molar refractivity (Wildman–Crippen MR) is 153 cm³/mol. The summed E-state index contributed by atoms with van der Waals surface area (Å²) >= 11 is 0. The van der Waals surface area contributed by atoms with Crippen LogP contribution in [0.2, 0.25) is 51.9 Å². The molecule has 0 heterocycles. The Kier molecular flexibility index (Phi) is 13.3. The third-order valence-corrected chi connectivity index (χ3v) is 14.8. The van der Waals surface area contributed by atoms with Crippen LogP contribution in [-0.4, -0.2) is 105 Å². The highest BCUT2D eigenvalue weighted by Gasteiger charge is 2.39. The molecule has 1 amide bonds. The highest BCUT2D eigenvalue weighted by atomic mass is 28.5. The Bertz CT molecular complexity index is 950. The van der Waals surface area contributed by atoms with E-state index in [-0.39, 0.29) is 17.1 Å². The van der Waals surface area contributed by atoms with Crippen LogP contribution in [0.1, 0.15) is 12.0 Å². The van der Waals surface area contributed by atoms with Crippen molar-refractivity contribution in [2.75, 3.05) is 13.2 Å². The van der Waals surface area contributed by atoms with Crippen molar-refractivity contribution in [2.24, 2.45) is 0 Å². The molecule has 39 heavy (non-hydrogen) atoms. The Labute approximate surface area is 233 Å². The zero-order valence-corrected chi connectivity index (χ0v) is 26.7. The highest BCUT2D eigenvalue weighted by Crippen LogP contribution is 2.35. The van der Waals surface area contributed by atoms with Crippen LogP contribution in [0.25, 0.3) is 6.08 Å². The lowest BCUT2D eigenvalue weighted by Gasteiger charge is -2.38. The van der Waals surface area contributed by atoms with Crippen molar-refractivity contribution in [3.8, 4) is 17.2 Å². The number of nitrogens with one attached hydrogen (secondary N) is 1. The molecule has 15 heteroatoms. The van der Waals surface area contributed by atoms with Crippen molar-refractivity contribution in [1.82, 2.24) is 5.32 Å². The second kappa shape index (κ2) is 14.7. The van der Waals surface area contributed by atoms with Crippen LogP contribution in [0.4, 0.5) is 0 Å². The molecule has 0 fully saturated rings. The maximum absolute atomic E-state index is 12.4. The summed E-state index contributed by atoms with van der Waals surface area (Å²) in [4.78, 5) is 12.4. The van der Waals surface area contributed by atoms with Crippen LogP contribution in [0.5, 0.6) is 17.2 Å². The monoisotopic (exact) mass is 607 g/mol. The van der Waals surface area contributed by atoms with Gasteiger partial charge >= 0.3 is 8.56 Å². The van der Waals surface area contributed by atoms with Gasteiger partial charge in [-0.2, -0.15) is 0 Å². The van der Waals surface area contributed by atoms with Gasteiger partial charge in [0.1, 0.15) is 24.1 Å². The SMILES string of the molecule is C[Si](C)(C)O[Si](C)(CCCNC(=O)/C=C\c1cc(OC(O)C(O)C(O)C(O)CO)c(O)cc1O)O[Si](C)(C)C. The molecule has 1 rings (SSSR count). The number of phenols is 2. The lowest BCUT2D eigenvalue weighted by Crippen LogP contribution is -2.52. The zero-order valence-electron chi connectivity index (χ0n) is 23.7. The van der Waals surface area contributed by atoms with E-state index in [9.17, 15) is 35.4 Å². The predicted octanol–water partition coefficient (Wildman–Crippen LogP) is 1.16. The summed E-state index contributed by atoms with van der Waals surface area (Å²) < 4.78 is 18.0. The summed E-state index contributed by atoms with van der Waals surface area (Å²) in [6.45, 7) is 14.4. The zero-order chi connectivity index (χ0) is 30.2. The Morgan fingerprint density at radius 2 is 1.49 bits per heavy atom. The summed E-state index contributed by atoms with van der Waals surface area (Å²) in [6, 6.07) is 2.74. The van der Waals surface area contributed by atoms with Gasteiger partial charge in [-0.05, 0) is 70.4 Å². The normalized spacial score (nSPS) is 16.1. The number of aromatic hydroxyl groups is 2. The van der Waals surface area contributed by atoms with E-state index in [2.05, 4.69) is 51.1 Å². The number of aliphatic hydroxyl groups excluding tert-OH is 5. The van der Waals surface area contributed by atoms with Crippen LogP contribution in [0, 0.1) is 0 Å². The average Bonchev–Trinajstić information content (AvgIpc) is 2.78. The largest absolute Gasteiger partial charge is 0.507 e. The molecule has 12 nitrogen and oxygen atoms in total. The van der Waals surface area contributed by atoms with Gasteiger partial charge in [0.2, 0.25) is 12.2 Å². The molecule has 0 aliphatic carbocycles. The van der Waals surface area contributed by atoms with Crippen molar-refractivity contribution >= 4 is 37.2 Å². The number of rotatable bonds is 16. The molecule has 4 unspecified atom stereocenters. The molecule has 0 bridgehead atoms. The number of hydrogen-bond acceptors (Lipinski definition) is 11. The number of carbonyl (C=O) groups excluding carboxylic acids is 1. The number of phenolic OH excluding ortho intramolecular Hbond substituents is 2. The van der Waals surface area contributed by atoms with Gasteiger partial charge in [-0.1, -0.05) is 0 Å². The molecule has 224 valence electrons. The molecular formula is C24H45NO11Si3. The Hall–Kier alpha value is -1.80. The van der Waals surface area contributed by atoms with Crippen LogP contribution in [-0.2, 0) is 13.0 Å². The fraction of sp³-hybridized carbons (Fsp3) is 0.625. The molecule has 0 saturated carbocycles. The standard InChI is InChI=1S/C24H45NO11Si3/c1-37(2,3)35-39(7,36-38(4,5)6)12-8-11-25-21(30)10-9-16-13-20(18(28)14-17(16)27)34-24(33)23(32)22(31)19(29)15-26/h9-10,13-14,19,22-24,26-29,31-33H,8,11-12,15H2,1-7H3,(H,25,30)/b10-9-. The molecule has 0 aliphatic rings. The van der Waals surface area contributed by atoms with E-state index in [1.165, 1.54) is 12.2 Å². The van der Waals surface area contributed by atoms with Gasteiger partial charge in [0.05, 0.1) is 6.61 Å². The highest BCUT2D eigenvalue weighted by molar-refractivity contribution is 6.87. The third-order valence-electron chi connectivity index (χ3n) is 5.14. The summed E-state index contributed by atoms with van der Waals surface area (Å²) in [5.74, 6) is -1.78. The summed E-state index contributed by atoms with van der Waals surface area (Å²) in [5.41, 5.74) is 0.0580. The Balaban J connectivity index is 2.80. The van der Waals surface area contributed by atoms with Crippen LogP contribution in [0.3, 0.4) is 0 Å². The molecule has 4 atom stereocenters. The van der Waals surface area contributed by atoms with Crippen LogP contribution < -0.4 is 10.1 Å². The fourth-order valence-electron chi connectivity index (χ4n) is 3.77. The number of benzene rings is 1. The summed E-state index contributed by atoms with van der Waals surface area (Å²) in [5, 5.41) is 70.8. The number of carbonyl (C=O) groups is 1. The first kappa shape index (κ1) is 35.2. The number of hydrogen-bond donors (Lipinski definition) is 8. The lowest BCUT2D eigenvalue weighted by atomic mass is 10.1. The minimum absolute atomic E-state index is 0.0580. The van der Waals surface area contributed by atoms with Gasteiger partial charge in [0.15, 0.2) is 28.1 Å². The van der Waals surface area contributed by atoms with Crippen LogP contribution >= 0.6 is 0 Å². The van der Waals surface area contributed by atoms with Gasteiger partial charge in [0, 0.05) is 24.3 Å². The van der Waals surface area contributed by atoms with E-state index in [0.717, 1.165) is 18.2 Å². The van der Waals surface area contributed by atoms with Crippen molar-refractivity contribution < 1.29 is 53.5 Å². The topological polar surface area (TPSA) is 198 Å². The van der Waals surface area contributed by atoms with Gasteiger partial charge in [-0.15, -0.1) is 0 Å². The number of amides is 1. The van der Waals surface area contributed by atoms with Gasteiger partial charge in [-0.3, -0.25) is 4.79 Å². The first-order valence-electron chi connectivity index (χ1n) is 12.7. The molecule has 0 aliphatic heterocycles. The van der Waals surface area contributed by atoms with Crippen molar-refractivity contribution in [2.45, 2.75) is 82.9 Å². The van der Waals surface area contributed by atoms with E-state index < -0.39 is 68.1 Å². The molecule has 1 aromatic carbocycles. The molecule has 0 saturated heterocycles. The Morgan fingerprint density at radius 1 is 0.923 bits per heavy atom. The molecular weight excluding hydrogens is 563 g/mol. The van der Waals surface area contributed by atoms with E-state index in [1.807, 2.05) is 0 Å². The molecule has 8 N–H and O–H groups in total. The third kappa shape index (κ3) is 12.9. The molecule has 0 spiro atoms. The van der Waals surface area contributed by atoms with Crippen molar-refractivity contribution in [1.29, 1.82) is 0 Å². The van der Waals surface area contributed by atoms with E-state index in [1.54, 1.807) is 0 Å². The molecule has 1 aromatic rings. The Morgan fingerprint density at radius 3 is 2.00 bits per heavy atom. The van der Waals surface area contributed by atoms with Gasteiger partial charge < -0.3 is 54.0 Å². The smallest absolute Gasteiger partial charge is 0.314 e. The number of ether oxygens (including phenoxy) is 1. The lowest BCUT2D eigenvalue weighted by molar-refractivity contribution is -0.169. The molecule has 0 aromatic heterocycles. The second-order valence-electron chi connectivity index (χ2n) is 11.4. The maximum Gasteiger partial charge on any atom is 0.314 e. The maximum atomic E-state index is 12.4. The van der Waals surface area contributed by atoms with E-state index >= 15 is 0 Å². The summed E-state index contributed by atoms with van der Waals surface area (Å²) in [7, 11) is -6.06. The fourth-order valence-corrected chi connectivity index (χ4v) is 16.3. The van der Waals surface area contributed by atoms with E-state index in [0.29, 0.717) is 13.0 Å². The first-order chi connectivity index (χ1) is 17.8. The molecule has 0 radical (unpaired) electrons. The van der Waals surface area contributed by atoms with E-state index in [4.69, 9.17) is 18.1 Å². The van der Waals surface area contributed by atoms with Crippen molar-refractivity contribution in [3.63, 3.8) is 0 Å². The minimum atomic E-state index is -2.42. The van der Waals surface area contributed by atoms with Gasteiger partial charge in [-0.25, -0.2) is 0 Å². The quantitative estimate of drug-likeness (QED) is 0.0581. The average molecular weight is 608 g/mol. The van der Waals surface area contributed by atoms with Gasteiger partial charge in [0.25, 0.3) is 0 Å².